The van der Waals surface area contributed by atoms with Crippen molar-refractivity contribution in [3.8, 4) is 22.6 Å². The highest BCUT2D eigenvalue weighted by atomic mass is 16.4. The number of fused-ring (bicyclic) bond motifs is 1. The molecule has 2 N–H and O–H groups in total. The molecule has 148 valence electrons. The summed E-state index contributed by atoms with van der Waals surface area (Å²) in [6.07, 6.45) is 5.02. The summed E-state index contributed by atoms with van der Waals surface area (Å²) >= 11 is 0. The highest BCUT2D eigenvalue weighted by molar-refractivity contribution is 5.81. The molecule has 0 radical (unpaired) electrons. The van der Waals surface area contributed by atoms with Gasteiger partial charge < -0.3 is 14.8 Å². The number of anilines is 1. The summed E-state index contributed by atoms with van der Waals surface area (Å²) in [5.41, 5.74) is 3.53. The topological polar surface area (TPSA) is 106 Å². The van der Waals surface area contributed by atoms with Crippen LogP contribution in [0.5, 0.6) is 0 Å². The van der Waals surface area contributed by atoms with Crippen LogP contribution in [0.15, 0.2) is 53.3 Å². The average Bonchev–Trinajstić information content (AvgIpc) is 3.27. The second-order valence-electron chi connectivity index (χ2n) is 7.80. The second kappa shape index (κ2) is 7.05. The van der Waals surface area contributed by atoms with Crippen LogP contribution in [0.2, 0.25) is 0 Å². The van der Waals surface area contributed by atoms with Gasteiger partial charge in [0.15, 0.2) is 5.58 Å². The fourth-order valence-corrected chi connectivity index (χ4v) is 2.97. The summed E-state index contributed by atoms with van der Waals surface area (Å²) in [5, 5.41) is 16.4. The monoisotopic (exact) mass is 391 g/mol. The number of pyridine rings is 1. The molecule has 0 unspecified atom stereocenters. The first-order valence-corrected chi connectivity index (χ1v) is 9.17. The van der Waals surface area contributed by atoms with E-state index < -0.39 is 5.97 Å². The Morgan fingerprint density at radius 1 is 1.21 bits per heavy atom. The number of aromatic nitrogens is 4. The van der Waals surface area contributed by atoms with Gasteiger partial charge in [0.25, 0.3) is 0 Å². The van der Waals surface area contributed by atoms with E-state index in [4.69, 9.17) is 9.52 Å². The lowest BCUT2D eigenvalue weighted by Crippen LogP contribution is -2.27. The van der Waals surface area contributed by atoms with Crippen LogP contribution < -0.4 is 5.32 Å². The molecule has 0 aliphatic heterocycles. The van der Waals surface area contributed by atoms with Gasteiger partial charge in [0.05, 0.1) is 11.8 Å². The summed E-state index contributed by atoms with van der Waals surface area (Å²) in [6, 6.07) is 9.50. The molecule has 8 heteroatoms. The van der Waals surface area contributed by atoms with Gasteiger partial charge in [-0.15, -0.1) is 0 Å². The maximum absolute atomic E-state index is 10.9. The van der Waals surface area contributed by atoms with E-state index in [-0.39, 0.29) is 12.1 Å². The lowest BCUT2D eigenvalue weighted by molar-refractivity contribution is -0.137. The molecule has 0 fully saturated rings. The highest BCUT2D eigenvalue weighted by Crippen LogP contribution is 2.33. The van der Waals surface area contributed by atoms with Gasteiger partial charge in [-0.25, -0.2) is 9.97 Å². The Hall–Kier alpha value is -3.68. The molecule has 4 aromatic rings. The van der Waals surface area contributed by atoms with E-state index in [1.165, 1.54) is 4.68 Å². The molecule has 0 aliphatic carbocycles. The van der Waals surface area contributed by atoms with Gasteiger partial charge >= 0.3 is 5.97 Å². The summed E-state index contributed by atoms with van der Waals surface area (Å²) < 4.78 is 7.34. The first kappa shape index (κ1) is 18.7. The summed E-state index contributed by atoms with van der Waals surface area (Å²) in [5.74, 6) is 0.172. The van der Waals surface area contributed by atoms with Crippen molar-refractivity contribution in [3.05, 3.63) is 48.9 Å². The van der Waals surface area contributed by atoms with Crippen molar-refractivity contribution in [1.29, 1.82) is 0 Å². The summed E-state index contributed by atoms with van der Waals surface area (Å²) in [4.78, 5) is 20.1. The van der Waals surface area contributed by atoms with Crippen LogP contribution in [0.4, 0.5) is 5.82 Å². The SMILES string of the molecule is CC(C)(C)Nc1ncc(-c2cnn(CC(=O)O)c2)cc1-c1nc2ccccc2o1. The molecule has 0 aliphatic rings. The van der Waals surface area contributed by atoms with Crippen molar-refractivity contribution in [2.75, 3.05) is 5.32 Å². The molecule has 3 heterocycles. The van der Waals surface area contributed by atoms with E-state index >= 15 is 0 Å². The van der Waals surface area contributed by atoms with E-state index in [9.17, 15) is 4.79 Å². The minimum atomic E-state index is -0.949. The number of rotatable bonds is 5. The Kier molecular flexibility index (Phi) is 4.54. The van der Waals surface area contributed by atoms with Gasteiger partial charge in [-0.2, -0.15) is 5.10 Å². The zero-order valence-corrected chi connectivity index (χ0v) is 16.4. The van der Waals surface area contributed by atoms with Crippen molar-refractivity contribution >= 4 is 22.9 Å². The van der Waals surface area contributed by atoms with Crippen molar-refractivity contribution in [3.63, 3.8) is 0 Å². The third-order valence-corrected chi connectivity index (χ3v) is 4.17. The molecule has 0 saturated carbocycles. The number of carboxylic acids is 1. The second-order valence-corrected chi connectivity index (χ2v) is 7.80. The molecule has 0 atom stereocenters. The molecular formula is C21H21N5O3. The number of carbonyl (C=O) groups is 1. The number of hydrogen-bond acceptors (Lipinski definition) is 6. The molecule has 3 aromatic heterocycles. The number of carboxylic acid groups (broad SMARTS) is 1. The smallest absolute Gasteiger partial charge is 0.325 e. The van der Waals surface area contributed by atoms with Gasteiger partial charge in [-0.1, -0.05) is 12.1 Å². The molecular weight excluding hydrogens is 370 g/mol. The van der Waals surface area contributed by atoms with E-state index in [1.54, 1.807) is 18.6 Å². The molecule has 0 spiro atoms. The number of hydrogen-bond donors (Lipinski definition) is 2. The predicted octanol–water partition coefficient (Wildman–Crippen LogP) is 4.05. The van der Waals surface area contributed by atoms with Gasteiger partial charge in [-0.3, -0.25) is 9.48 Å². The van der Waals surface area contributed by atoms with E-state index in [0.717, 1.165) is 22.2 Å². The number of benzene rings is 1. The third kappa shape index (κ3) is 4.11. The minimum Gasteiger partial charge on any atom is -0.480 e. The zero-order valence-electron chi connectivity index (χ0n) is 16.4. The quantitative estimate of drug-likeness (QED) is 0.528. The maximum atomic E-state index is 10.9. The molecule has 0 bridgehead atoms. The molecule has 0 saturated heterocycles. The van der Waals surface area contributed by atoms with Crippen LogP contribution in [0.1, 0.15) is 20.8 Å². The Labute approximate surface area is 167 Å². The predicted molar refractivity (Wildman–Crippen MR) is 109 cm³/mol. The Bertz CT molecular complexity index is 1150. The first-order chi connectivity index (χ1) is 13.8. The maximum Gasteiger partial charge on any atom is 0.325 e. The Balaban J connectivity index is 1.80. The number of nitrogens with one attached hydrogen (secondary N) is 1. The number of oxazole rings is 1. The number of para-hydroxylation sites is 2. The first-order valence-electron chi connectivity index (χ1n) is 9.17. The van der Waals surface area contributed by atoms with Gasteiger partial charge in [-0.05, 0) is 39.0 Å². The fraction of sp³-hybridized carbons (Fsp3) is 0.238. The molecule has 1 aromatic carbocycles. The molecule has 8 nitrogen and oxygen atoms in total. The minimum absolute atomic E-state index is 0.199. The molecule has 29 heavy (non-hydrogen) atoms. The Morgan fingerprint density at radius 3 is 2.72 bits per heavy atom. The summed E-state index contributed by atoms with van der Waals surface area (Å²) in [6.45, 7) is 5.95. The van der Waals surface area contributed by atoms with Crippen molar-refractivity contribution in [1.82, 2.24) is 19.7 Å². The Morgan fingerprint density at radius 2 is 2.00 bits per heavy atom. The average molecular weight is 391 g/mol. The van der Waals surface area contributed by atoms with Crippen LogP contribution in [-0.2, 0) is 11.3 Å². The van der Waals surface area contributed by atoms with Crippen molar-refractivity contribution in [2.45, 2.75) is 32.9 Å². The number of aliphatic carboxylic acids is 1. The van der Waals surface area contributed by atoms with Crippen molar-refractivity contribution < 1.29 is 14.3 Å². The standard InChI is InChI=1S/C21H21N5O3/c1-21(2,3)25-19-15(20-24-16-6-4-5-7-17(16)29-20)8-13(9-22-19)14-10-23-26(11-14)12-18(27)28/h4-11H,12H2,1-3H3,(H,22,25)(H,27,28). The van der Waals surface area contributed by atoms with Crippen LogP contribution in [0.25, 0.3) is 33.7 Å². The normalized spacial score (nSPS) is 11.7. The van der Waals surface area contributed by atoms with Crippen LogP contribution in [-0.4, -0.2) is 36.4 Å². The third-order valence-electron chi connectivity index (χ3n) is 4.17. The lowest BCUT2D eigenvalue weighted by atomic mass is 10.1. The van der Waals surface area contributed by atoms with Gasteiger partial charge in [0, 0.05) is 29.1 Å². The van der Waals surface area contributed by atoms with Gasteiger partial charge in [0.2, 0.25) is 5.89 Å². The summed E-state index contributed by atoms with van der Waals surface area (Å²) in [7, 11) is 0. The van der Waals surface area contributed by atoms with Crippen LogP contribution in [0.3, 0.4) is 0 Å². The van der Waals surface area contributed by atoms with E-state index in [0.29, 0.717) is 17.3 Å². The molecule has 0 amide bonds. The number of nitrogens with zero attached hydrogens (tertiary/aromatic N) is 4. The lowest BCUT2D eigenvalue weighted by Gasteiger charge is -2.22. The highest BCUT2D eigenvalue weighted by Gasteiger charge is 2.19. The van der Waals surface area contributed by atoms with Gasteiger partial charge in [0.1, 0.15) is 17.9 Å². The van der Waals surface area contributed by atoms with Crippen LogP contribution in [0, 0.1) is 0 Å². The zero-order chi connectivity index (χ0) is 20.6. The fourth-order valence-electron chi connectivity index (χ4n) is 2.97. The largest absolute Gasteiger partial charge is 0.480 e. The van der Waals surface area contributed by atoms with E-state index in [1.807, 2.05) is 51.1 Å². The molecule has 4 rings (SSSR count). The van der Waals surface area contributed by atoms with Crippen molar-refractivity contribution in [2.24, 2.45) is 0 Å². The van der Waals surface area contributed by atoms with Crippen LogP contribution >= 0.6 is 0 Å². The van der Waals surface area contributed by atoms with E-state index in [2.05, 4.69) is 20.4 Å².